The highest BCUT2D eigenvalue weighted by Crippen LogP contribution is 2.21. The van der Waals surface area contributed by atoms with E-state index in [-0.39, 0.29) is 5.91 Å². The van der Waals surface area contributed by atoms with Gasteiger partial charge in [-0.3, -0.25) is 4.79 Å². The van der Waals surface area contributed by atoms with Crippen molar-refractivity contribution in [3.8, 4) is 0 Å². The van der Waals surface area contributed by atoms with Gasteiger partial charge in [-0.1, -0.05) is 23.8 Å². The van der Waals surface area contributed by atoms with Gasteiger partial charge >= 0.3 is 0 Å². The number of benzene rings is 1. The van der Waals surface area contributed by atoms with E-state index in [1.54, 1.807) is 18.0 Å². The molecule has 0 unspecified atom stereocenters. The summed E-state index contributed by atoms with van der Waals surface area (Å²) in [6.45, 7) is 2.49. The van der Waals surface area contributed by atoms with E-state index in [9.17, 15) is 4.79 Å². The Bertz CT molecular complexity index is 633. The van der Waals surface area contributed by atoms with Crippen LogP contribution in [-0.2, 0) is 0 Å². The predicted octanol–water partition coefficient (Wildman–Crippen LogP) is 2.49. The van der Waals surface area contributed by atoms with Crippen molar-refractivity contribution >= 4 is 34.1 Å². The zero-order chi connectivity index (χ0) is 14.0. The van der Waals surface area contributed by atoms with Gasteiger partial charge in [-0.2, -0.15) is 0 Å². The van der Waals surface area contributed by atoms with Crippen molar-refractivity contribution < 1.29 is 9.21 Å². The van der Waals surface area contributed by atoms with Crippen molar-refractivity contribution in [2.24, 2.45) is 5.73 Å². The summed E-state index contributed by atoms with van der Waals surface area (Å²) in [5, 5.41) is 0.936. The first-order valence-corrected chi connectivity index (χ1v) is 6.42. The van der Waals surface area contributed by atoms with Crippen LogP contribution in [0.1, 0.15) is 22.5 Å². The standard InChI is InChI=1S/C14H16N2O2S/c1-9-3-4-11-10(7-9)8-12(18-11)14(17)16(2)6-5-13(15)19/h3-4,7-8H,5-6H2,1-2H3,(H2,15,19). The Labute approximate surface area is 117 Å². The van der Waals surface area contributed by atoms with Gasteiger partial charge < -0.3 is 15.1 Å². The largest absolute Gasteiger partial charge is 0.451 e. The number of hydrogen-bond acceptors (Lipinski definition) is 3. The molecule has 0 aliphatic carbocycles. The molecule has 0 saturated heterocycles. The molecule has 0 radical (unpaired) electrons. The van der Waals surface area contributed by atoms with Gasteiger partial charge in [-0.05, 0) is 25.1 Å². The number of carbonyl (C=O) groups excluding carboxylic acids is 1. The van der Waals surface area contributed by atoms with E-state index in [4.69, 9.17) is 22.4 Å². The number of carbonyl (C=O) groups is 1. The summed E-state index contributed by atoms with van der Waals surface area (Å²) in [4.78, 5) is 14.1. The molecule has 0 saturated carbocycles. The van der Waals surface area contributed by atoms with Crippen molar-refractivity contribution in [2.75, 3.05) is 13.6 Å². The van der Waals surface area contributed by atoms with Crippen LogP contribution in [0.2, 0.25) is 0 Å². The Balaban J connectivity index is 2.19. The van der Waals surface area contributed by atoms with Crippen molar-refractivity contribution in [3.63, 3.8) is 0 Å². The number of nitrogens with zero attached hydrogens (tertiary/aromatic N) is 1. The minimum absolute atomic E-state index is 0.162. The minimum atomic E-state index is -0.162. The van der Waals surface area contributed by atoms with Crippen molar-refractivity contribution in [1.82, 2.24) is 4.90 Å². The molecule has 0 aliphatic rings. The molecule has 0 bridgehead atoms. The fourth-order valence-electron chi connectivity index (χ4n) is 1.84. The number of furan rings is 1. The summed E-state index contributed by atoms with van der Waals surface area (Å²) < 4.78 is 5.56. The summed E-state index contributed by atoms with van der Waals surface area (Å²) >= 11 is 4.80. The Morgan fingerprint density at radius 1 is 1.42 bits per heavy atom. The molecule has 2 rings (SSSR count). The third kappa shape index (κ3) is 3.12. The second kappa shape index (κ2) is 5.40. The van der Waals surface area contributed by atoms with Gasteiger partial charge in [0.2, 0.25) is 0 Å². The Hall–Kier alpha value is -1.88. The Morgan fingerprint density at radius 2 is 2.16 bits per heavy atom. The third-order valence-corrected chi connectivity index (χ3v) is 3.13. The number of fused-ring (bicyclic) bond motifs is 1. The van der Waals surface area contributed by atoms with Gasteiger partial charge in [-0.15, -0.1) is 0 Å². The van der Waals surface area contributed by atoms with Crippen LogP contribution in [0.4, 0.5) is 0 Å². The van der Waals surface area contributed by atoms with E-state index in [2.05, 4.69) is 0 Å². The molecule has 19 heavy (non-hydrogen) atoms. The maximum absolute atomic E-state index is 12.2. The summed E-state index contributed by atoms with van der Waals surface area (Å²) in [7, 11) is 1.71. The molecule has 4 nitrogen and oxygen atoms in total. The van der Waals surface area contributed by atoms with E-state index in [0.717, 1.165) is 16.5 Å². The molecule has 2 N–H and O–H groups in total. The number of amides is 1. The van der Waals surface area contributed by atoms with Crippen LogP contribution in [-0.4, -0.2) is 29.4 Å². The van der Waals surface area contributed by atoms with E-state index in [1.165, 1.54) is 0 Å². The number of hydrogen-bond donors (Lipinski definition) is 1. The van der Waals surface area contributed by atoms with Crippen LogP contribution in [0, 0.1) is 6.92 Å². The van der Waals surface area contributed by atoms with Crippen molar-refractivity contribution in [2.45, 2.75) is 13.3 Å². The molecular weight excluding hydrogens is 260 g/mol. The third-order valence-electron chi connectivity index (χ3n) is 2.92. The highest BCUT2D eigenvalue weighted by Gasteiger charge is 2.16. The maximum Gasteiger partial charge on any atom is 0.289 e. The van der Waals surface area contributed by atoms with Crippen LogP contribution in [0.3, 0.4) is 0 Å². The first-order chi connectivity index (χ1) is 8.97. The molecular formula is C14H16N2O2S. The molecule has 0 spiro atoms. The lowest BCUT2D eigenvalue weighted by atomic mass is 10.2. The molecule has 0 aliphatic heterocycles. The quantitative estimate of drug-likeness (QED) is 0.872. The molecule has 2 aromatic rings. The van der Waals surface area contributed by atoms with Crippen LogP contribution in [0.5, 0.6) is 0 Å². The number of nitrogens with two attached hydrogens (primary N) is 1. The SMILES string of the molecule is Cc1ccc2oc(C(=O)N(C)CCC(N)=S)cc2c1. The molecule has 0 atom stereocenters. The molecule has 100 valence electrons. The number of thiocarbonyl (C=S) groups is 1. The summed E-state index contributed by atoms with van der Waals surface area (Å²) in [5.74, 6) is 0.177. The monoisotopic (exact) mass is 276 g/mol. The van der Waals surface area contributed by atoms with Crippen LogP contribution in [0.25, 0.3) is 11.0 Å². The van der Waals surface area contributed by atoms with Gasteiger partial charge in [0.25, 0.3) is 5.91 Å². The average Bonchev–Trinajstić information content (AvgIpc) is 2.77. The van der Waals surface area contributed by atoms with E-state index in [1.807, 2.05) is 25.1 Å². The molecule has 1 heterocycles. The molecule has 5 heteroatoms. The summed E-state index contributed by atoms with van der Waals surface area (Å²) in [5.41, 5.74) is 7.28. The van der Waals surface area contributed by atoms with Crippen LogP contribution >= 0.6 is 12.2 Å². The topological polar surface area (TPSA) is 59.5 Å². The first-order valence-electron chi connectivity index (χ1n) is 6.01. The molecule has 1 amide bonds. The van der Waals surface area contributed by atoms with Crippen LogP contribution < -0.4 is 5.73 Å². The zero-order valence-corrected chi connectivity index (χ0v) is 11.8. The van der Waals surface area contributed by atoms with Crippen molar-refractivity contribution in [1.29, 1.82) is 0 Å². The first kappa shape index (κ1) is 13.5. The predicted molar refractivity (Wildman–Crippen MR) is 79.3 cm³/mol. The van der Waals surface area contributed by atoms with Gasteiger partial charge in [0.1, 0.15) is 5.58 Å². The smallest absolute Gasteiger partial charge is 0.289 e. The summed E-state index contributed by atoms with van der Waals surface area (Å²) in [6, 6.07) is 7.58. The minimum Gasteiger partial charge on any atom is -0.451 e. The Morgan fingerprint density at radius 3 is 2.84 bits per heavy atom. The highest BCUT2D eigenvalue weighted by atomic mass is 32.1. The lowest BCUT2D eigenvalue weighted by Gasteiger charge is -2.14. The second-order valence-electron chi connectivity index (χ2n) is 4.59. The average molecular weight is 276 g/mol. The number of aryl methyl sites for hydroxylation is 1. The van der Waals surface area contributed by atoms with E-state index in [0.29, 0.717) is 23.7 Å². The van der Waals surface area contributed by atoms with Gasteiger partial charge in [0.15, 0.2) is 5.76 Å². The Kier molecular flexibility index (Phi) is 3.85. The molecule has 0 fully saturated rings. The fraction of sp³-hybridized carbons (Fsp3) is 0.286. The highest BCUT2D eigenvalue weighted by molar-refractivity contribution is 7.80. The van der Waals surface area contributed by atoms with Gasteiger partial charge in [0, 0.05) is 25.4 Å². The van der Waals surface area contributed by atoms with E-state index < -0.39 is 0 Å². The van der Waals surface area contributed by atoms with E-state index >= 15 is 0 Å². The van der Waals surface area contributed by atoms with Gasteiger partial charge in [-0.25, -0.2) is 0 Å². The lowest BCUT2D eigenvalue weighted by Crippen LogP contribution is -2.29. The molecule has 1 aromatic carbocycles. The zero-order valence-electron chi connectivity index (χ0n) is 11.0. The normalized spacial score (nSPS) is 10.6. The summed E-state index contributed by atoms with van der Waals surface area (Å²) in [6.07, 6.45) is 0.511. The number of rotatable bonds is 4. The van der Waals surface area contributed by atoms with Crippen LogP contribution in [0.15, 0.2) is 28.7 Å². The molecule has 1 aromatic heterocycles. The maximum atomic E-state index is 12.2. The lowest BCUT2D eigenvalue weighted by molar-refractivity contribution is 0.0770. The van der Waals surface area contributed by atoms with Crippen molar-refractivity contribution in [3.05, 3.63) is 35.6 Å². The second-order valence-corrected chi connectivity index (χ2v) is 5.12. The fourth-order valence-corrected chi connectivity index (χ4v) is 1.93. The van der Waals surface area contributed by atoms with Gasteiger partial charge in [0.05, 0.1) is 4.99 Å².